The second-order valence-corrected chi connectivity index (χ2v) is 6.68. The third-order valence-corrected chi connectivity index (χ3v) is 4.65. The van der Waals surface area contributed by atoms with E-state index in [0.717, 1.165) is 42.0 Å². The molecule has 1 aromatic heterocycles. The Morgan fingerprint density at radius 1 is 0.815 bits per heavy atom. The summed E-state index contributed by atoms with van der Waals surface area (Å²) in [5.74, 6) is 3.13. The SMILES string of the molecule is c1ccc(Oc2ccccc2Nc2ccnc(N3CCCCCC3)n2)cc1. The standard InChI is InChI=1S/C22H24N4O/c1-2-9-17-26(16-8-1)22-23-15-14-21(25-22)24-19-12-6-7-13-20(19)27-18-10-4-3-5-11-18/h3-7,10-15H,1-2,8-9,16-17H2,(H,23,24,25). The molecule has 0 spiro atoms. The Morgan fingerprint density at radius 3 is 2.37 bits per heavy atom. The van der Waals surface area contributed by atoms with E-state index in [9.17, 15) is 0 Å². The van der Waals surface area contributed by atoms with Crippen LogP contribution in [0.5, 0.6) is 11.5 Å². The number of para-hydroxylation sites is 3. The molecule has 5 nitrogen and oxygen atoms in total. The first-order valence-corrected chi connectivity index (χ1v) is 9.55. The van der Waals surface area contributed by atoms with Gasteiger partial charge in [0, 0.05) is 19.3 Å². The van der Waals surface area contributed by atoms with Crippen molar-refractivity contribution >= 4 is 17.5 Å². The molecule has 27 heavy (non-hydrogen) atoms. The number of aromatic nitrogens is 2. The van der Waals surface area contributed by atoms with Crippen LogP contribution in [-0.2, 0) is 0 Å². The zero-order chi connectivity index (χ0) is 18.3. The number of nitrogens with one attached hydrogen (secondary N) is 1. The van der Waals surface area contributed by atoms with Crippen LogP contribution in [0.2, 0.25) is 0 Å². The van der Waals surface area contributed by atoms with Crippen molar-refractivity contribution in [2.75, 3.05) is 23.3 Å². The van der Waals surface area contributed by atoms with Crippen molar-refractivity contribution in [1.29, 1.82) is 0 Å². The summed E-state index contributed by atoms with van der Waals surface area (Å²) in [5, 5.41) is 3.39. The van der Waals surface area contributed by atoms with Gasteiger partial charge in [0.1, 0.15) is 11.6 Å². The van der Waals surface area contributed by atoms with Gasteiger partial charge in [-0.05, 0) is 43.2 Å². The van der Waals surface area contributed by atoms with E-state index < -0.39 is 0 Å². The lowest BCUT2D eigenvalue weighted by atomic mass is 10.2. The number of hydrogen-bond donors (Lipinski definition) is 1. The molecule has 0 unspecified atom stereocenters. The van der Waals surface area contributed by atoms with E-state index in [4.69, 9.17) is 9.72 Å². The second-order valence-electron chi connectivity index (χ2n) is 6.68. The Labute approximate surface area is 160 Å². The van der Waals surface area contributed by atoms with Crippen molar-refractivity contribution in [2.24, 2.45) is 0 Å². The average Bonchev–Trinajstić information content (AvgIpc) is 3.00. The van der Waals surface area contributed by atoms with Crippen LogP contribution in [0.3, 0.4) is 0 Å². The Bertz CT molecular complexity index is 861. The molecule has 0 bridgehead atoms. The average molecular weight is 360 g/mol. The Hall–Kier alpha value is -3.08. The lowest BCUT2D eigenvalue weighted by Crippen LogP contribution is -2.26. The molecule has 4 rings (SSSR count). The van der Waals surface area contributed by atoms with Crippen LogP contribution < -0.4 is 15.0 Å². The van der Waals surface area contributed by atoms with Gasteiger partial charge in [-0.1, -0.05) is 43.2 Å². The van der Waals surface area contributed by atoms with Crippen LogP contribution in [0, 0.1) is 0 Å². The minimum absolute atomic E-state index is 0.763. The summed E-state index contributed by atoms with van der Waals surface area (Å²) in [4.78, 5) is 11.5. The first-order valence-electron chi connectivity index (χ1n) is 9.55. The maximum absolute atomic E-state index is 6.03. The molecule has 138 valence electrons. The first kappa shape index (κ1) is 17.3. The van der Waals surface area contributed by atoms with Crippen molar-refractivity contribution in [3.8, 4) is 11.5 Å². The van der Waals surface area contributed by atoms with Crippen molar-refractivity contribution in [3.63, 3.8) is 0 Å². The summed E-state index contributed by atoms with van der Waals surface area (Å²) in [6.45, 7) is 2.05. The number of ether oxygens (including phenoxy) is 1. The van der Waals surface area contributed by atoms with E-state index in [1.807, 2.05) is 66.9 Å². The Morgan fingerprint density at radius 2 is 1.56 bits per heavy atom. The van der Waals surface area contributed by atoms with Crippen molar-refractivity contribution < 1.29 is 4.74 Å². The molecule has 3 aromatic rings. The monoisotopic (exact) mass is 360 g/mol. The molecule has 1 N–H and O–H groups in total. The number of benzene rings is 2. The zero-order valence-electron chi connectivity index (χ0n) is 15.3. The fourth-order valence-electron chi connectivity index (χ4n) is 3.25. The molecule has 5 heteroatoms. The largest absolute Gasteiger partial charge is 0.455 e. The van der Waals surface area contributed by atoms with Crippen LogP contribution in [0.15, 0.2) is 66.9 Å². The number of nitrogens with zero attached hydrogens (tertiary/aromatic N) is 3. The first-order chi connectivity index (χ1) is 13.4. The fraction of sp³-hybridized carbons (Fsp3) is 0.273. The van der Waals surface area contributed by atoms with E-state index in [2.05, 4.69) is 15.2 Å². The lowest BCUT2D eigenvalue weighted by molar-refractivity contribution is 0.485. The normalized spacial score (nSPS) is 14.4. The highest BCUT2D eigenvalue weighted by atomic mass is 16.5. The van der Waals surface area contributed by atoms with Gasteiger partial charge in [-0.2, -0.15) is 4.98 Å². The quantitative estimate of drug-likeness (QED) is 0.661. The maximum Gasteiger partial charge on any atom is 0.227 e. The second kappa shape index (κ2) is 8.54. The van der Waals surface area contributed by atoms with Gasteiger partial charge in [0.25, 0.3) is 0 Å². The summed E-state index contributed by atoms with van der Waals surface area (Å²) in [6, 6.07) is 19.6. The number of anilines is 3. The van der Waals surface area contributed by atoms with Gasteiger partial charge >= 0.3 is 0 Å². The van der Waals surface area contributed by atoms with Gasteiger partial charge in [0.2, 0.25) is 5.95 Å². The topological polar surface area (TPSA) is 50.3 Å². The summed E-state index contributed by atoms with van der Waals surface area (Å²) < 4.78 is 6.03. The minimum atomic E-state index is 0.763. The third kappa shape index (κ3) is 4.56. The van der Waals surface area contributed by atoms with Crippen LogP contribution in [0.25, 0.3) is 0 Å². The maximum atomic E-state index is 6.03. The van der Waals surface area contributed by atoms with Gasteiger partial charge in [-0.15, -0.1) is 0 Å². The Kier molecular flexibility index (Phi) is 5.48. The van der Waals surface area contributed by atoms with E-state index in [1.165, 1.54) is 25.7 Å². The fourth-order valence-corrected chi connectivity index (χ4v) is 3.25. The molecule has 1 saturated heterocycles. The van der Waals surface area contributed by atoms with E-state index in [-0.39, 0.29) is 0 Å². The van der Waals surface area contributed by atoms with Crippen LogP contribution in [-0.4, -0.2) is 23.1 Å². The molecule has 1 fully saturated rings. The van der Waals surface area contributed by atoms with E-state index in [1.54, 1.807) is 0 Å². The molecule has 2 aromatic carbocycles. The van der Waals surface area contributed by atoms with Gasteiger partial charge in [-0.3, -0.25) is 0 Å². The van der Waals surface area contributed by atoms with Gasteiger partial charge in [-0.25, -0.2) is 4.98 Å². The molecule has 0 atom stereocenters. The van der Waals surface area contributed by atoms with Gasteiger partial charge < -0.3 is 15.0 Å². The molecule has 1 aliphatic heterocycles. The van der Waals surface area contributed by atoms with Crippen LogP contribution in [0.1, 0.15) is 25.7 Å². The Balaban J connectivity index is 1.53. The predicted molar refractivity (Wildman–Crippen MR) is 109 cm³/mol. The molecule has 0 amide bonds. The highest BCUT2D eigenvalue weighted by Gasteiger charge is 2.13. The molecule has 2 heterocycles. The lowest BCUT2D eigenvalue weighted by Gasteiger charge is -2.20. The van der Waals surface area contributed by atoms with Crippen molar-refractivity contribution in [3.05, 3.63) is 66.9 Å². The van der Waals surface area contributed by atoms with Crippen LogP contribution in [0.4, 0.5) is 17.5 Å². The van der Waals surface area contributed by atoms with Gasteiger partial charge in [0.05, 0.1) is 5.69 Å². The molecule has 1 aliphatic rings. The van der Waals surface area contributed by atoms with Crippen molar-refractivity contribution in [2.45, 2.75) is 25.7 Å². The molecular formula is C22H24N4O. The summed E-state index contributed by atoms with van der Waals surface area (Å²) in [6.07, 6.45) is 6.80. The smallest absolute Gasteiger partial charge is 0.227 e. The predicted octanol–water partition coefficient (Wildman–Crippen LogP) is 5.39. The van der Waals surface area contributed by atoms with Crippen molar-refractivity contribution in [1.82, 2.24) is 9.97 Å². The summed E-state index contributed by atoms with van der Waals surface area (Å²) >= 11 is 0. The summed E-state index contributed by atoms with van der Waals surface area (Å²) in [7, 11) is 0. The third-order valence-electron chi connectivity index (χ3n) is 4.65. The molecule has 0 saturated carbocycles. The summed E-state index contributed by atoms with van der Waals surface area (Å²) in [5.41, 5.74) is 0.877. The zero-order valence-corrected chi connectivity index (χ0v) is 15.3. The molecular weight excluding hydrogens is 336 g/mol. The molecule has 0 aliphatic carbocycles. The highest BCUT2D eigenvalue weighted by molar-refractivity contribution is 5.65. The molecule has 0 radical (unpaired) electrons. The van der Waals surface area contributed by atoms with E-state index in [0.29, 0.717) is 0 Å². The van der Waals surface area contributed by atoms with E-state index >= 15 is 0 Å². The van der Waals surface area contributed by atoms with Crippen LogP contribution >= 0.6 is 0 Å². The van der Waals surface area contributed by atoms with Gasteiger partial charge in [0.15, 0.2) is 5.75 Å². The number of rotatable bonds is 5. The minimum Gasteiger partial charge on any atom is -0.455 e. The highest BCUT2D eigenvalue weighted by Crippen LogP contribution is 2.31. The number of hydrogen-bond acceptors (Lipinski definition) is 5.